The van der Waals surface area contributed by atoms with Crippen molar-refractivity contribution >= 4 is 118 Å². The van der Waals surface area contributed by atoms with Crippen molar-refractivity contribution in [3.05, 3.63) is 58.7 Å². The number of carbonyl (C=O) groups excluding carboxylic acids is 20. The Morgan fingerprint density at radius 1 is 0.190 bits per heavy atom. The van der Waals surface area contributed by atoms with Gasteiger partial charge in [-0.1, -0.05) is 12.1 Å². The van der Waals surface area contributed by atoms with Gasteiger partial charge in [-0.3, -0.25) is 145 Å². The number of carbonyl (C=O) groups is 20. The Morgan fingerprint density at radius 3 is 0.571 bits per heavy atom. The third-order valence-corrected chi connectivity index (χ3v) is 26.7. The van der Waals surface area contributed by atoms with Crippen molar-refractivity contribution in [1.29, 1.82) is 0 Å². The number of imide groups is 10. The van der Waals surface area contributed by atoms with E-state index in [-0.39, 0.29) is 204 Å². The molecule has 3 aliphatic carbocycles. The quantitative estimate of drug-likeness (QED) is 0.257. The average molecular weight is 1740 g/mol. The van der Waals surface area contributed by atoms with E-state index >= 15 is 0 Å². The van der Waals surface area contributed by atoms with Crippen LogP contribution in [-0.2, 0) is 76.7 Å². The Hall–Kier alpha value is -10.2. The van der Waals surface area contributed by atoms with Crippen molar-refractivity contribution in [3.63, 3.8) is 0 Å². The summed E-state index contributed by atoms with van der Waals surface area (Å²) in [6, 6.07) is 10.2. The van der Waals surface area contributed by atoms with Crippen molar-refractivity contribution in [1.82, 2.24) is 49.0 Å². The molecule has 2 aromatic carbocycles. The fraction of sp³-hybridized carbons (Fsp3) is 0.667. The fourth-order valence-electron chi connectivity index (χ4n) is 21.6. The van der Waals surface area contributed by atoms with E-state index in [2.05, 4.69) is 0 Å². The van der Waals surface area contributed by atoms with E-state index in [4.69, 9.17) is 0 Å². The molecular weight excluding hydrogens is 1610 g/mol. The maximum atomic E-state index is 12.9. The number of amides is 20. The minimum absolute atomic E-state index is 0.0117. The highest BCUT2D eigenvalue weighted by Gasteiger charge is 2.75. The molecule has 684 valence electrons. The highest BCUT2D eigenvalue weighted by molar-refractivity contribution is 6.24. The van der Waals surface area contributed by atoms with Gasteiger partial charge >= 0.3 is 0 Å². The molecule has 20 amide bonds. The summed E-state index contributed by atoms with van der Waals surface area (Å²) in [7, 11) is 0. The lowest BCUT2D eigenvalue weighted by Crippen LogP contribution is -2.56. The molecule has 10 aliphatic heterocycles. The fourth-order valence-corrected chi connectivity index (χ4v) is 21.6. The zero-order valence-corrected chi connectivity index (χ0v) is 79.3. The number of benzene rings is 2. The van der Waals surface area contributed by atoms with Crippen LogP contribution in [0.25, 0.3) is 11.1 Å². The maximum absolute atomic E-state index is 12.9. The smallest absolute Gasteiger partial charge is 0.262 e. The Bertz CT molecular complexity index is 4610. The first kappa shape index (κ1) is 96.5. The first-order chi connectivity index (χ1) is 57.2. The molecule has 126 heavy (non-hydrogen) atoms. The lowest BCUT2D eigenvalue weighted by atomic mass is 9.59. The first-order valence-electron chi connectivity index (χ1n) is 44.2. The van der Waals surface area contributed by atoms with Gasteiger partial charge in [0.25, 0.3) is 23.6 Å². The molecule has 30 nitrogen and oxygen atoms in total. The Balaban J connectivity index is 0.000000154. The molecule has 11 fully saturated rings. The van der Waals surface area contributed by atoms with Gasteiger partial charge < -0.3 is 0 Å². The van der Waals surface area contributed by atoms with E-state index in [1.165, 1.54) is 49.0 Å². The van der Waals surface area contributed by atoms with Crippen LogP contribution in [0.4, 0.5) is 0 Å². The SMILES string of the molecule is CC(C)(C)N1C(=O)C2C(C1=O)C1C(=O)N(C(C)(C)C)C(=O)C21.CC(C)(C)N1C(=O)C2CC(C3CC4C(=O)N(C(C)(C)C)C(=O)C4C3)CC2C1=O.CC(C)(C)N1C(=O)CC(C2CC(=O)N(C(C)(C)C)C(=O)C2)CC1=O.CC(C)(C)N1C(=O)CC(C2CC(=O)N(C(C)(C)C)C2=O)C1=O.CC(C)(C)N1C(=O)c2ccc(-c3ccc4c(c3)C(=O)N(C(C)(C)C)C4=O)cc2C1=O. The van der Waals surface area contributed by atoms with E-state index in [1.807, 2.05) is 125 Å². The van der Waals surface area contributed by atoms with Crippen LogP contribution in [0, 0.1) is 82.9 Å². The van der Waals surface area contributed by atoms with Crippen molar-refractivity contribution in [3.8, 4) is 11.1 Å². The Morgan fingerprint density at radius 2 is 0.373 bits per heavy atom. The molecule has 0 bridgehead atoms. The van der Waals surface area contributed by atoms with Crippen LogP contribution in [0.5, 0.6) is 0 Å². The summed E-state index contributed by atoms with van der Waals surface area (Å²) in [5, 5.41) is 0. The second kappa shape index (κ2) is 31.9. The van der Waals surface area contributed by atoms with Crippen LogP contribution < -0.4 is 0 Å². The molecule has 6 atom stereocenters. The highest BCUT2D eigenvalue weighted by atomic mass is 16.2. The predicted octanol–water partition coefficient (Wildman–Crippen LogP) is 11.0. The Labute approximate surface area is 739 Å². The molecule has 13 aliphatic rings. The predicted molar refractivity (Wildman–Crippen MR) is 460 cm³/mol. The van der Waals surface area contributed by atoms with Gasteiger partial charge in [-0.25, -0.2) is 0 Å². The summed E-state index contributed by atoms with van der Waals surface area (Å²) in [5.41, 5.74) is -2.88. The number of rotatable bonds is 4. The van der Waals surface area contributed by atoms with E-state index in [0.29, 0.717) is 33.4 Å². The van der Waals surface area contributed by atoms with Crippen LogP contribution in [0.2, 0.25) is 0 Å². The minimum Gasteiger partial charge on any atom is -0.277 e. The lowest BCUT2D eigenvalue weighted by molar-refractivity contribution is -0.163. The summed E-state index contributed by atoms with van der Waals surface area (Å²) in [6.07, 6.45) is 3.81. The van der Waals surface area contributed by atoms with Gasteiger partial charge in [0, 0.05) is 93.9 Å². The summed E-state index contributed by atoms with van der Waals surface area (Å²) in [6.45, 7) is 54.7. The largest absolute Gasteiger partial charge is 0.277 e. The Kier molecular flexibility index (Phi) is 24.5. The minimum atomic E-state index is -0.712. The third-order valence-electron chi connectivity index (χ3n) is 26.7. The summed E-state index contributed by atoms with van der Waals surface area (Å²) < 4.78 is 0. The molecular formula is C96H130N10O20. The second-order valence-electron chi connectivity index (χ2n) is 46.5. The van der Waals surface area contributed by atoms with Crippen molar-refractivity contribution in [2.75, 3.05) is 0 Å². The topological polar surface area (TPSA) is 374 Å². The molecule has 10 heterocycles. The molecule has 0 radical (unpaired) electrons. The van der Waals surface area contributed by atoms with Crippen LogP contribution >= 0.6 is 0 Å². The zero-order valence-electron chi connectivity index (χ0n) is 79.3. The molecule has 8 saturated heterocycles. The highest BCUT2D eigenvalue weighted by Crippen LogP contribution is 2.59. The number of hydrogen-bond acceptors (Lipinski definition) is 20. The van der Waals surface area contributed by atoms with E-state index < -0.39 is 90.9 Å². The van der Waals surface area contributed by atoms with E-state index in [1.54, 1.807) is 119 Å². The number of likely N-dealkylation sites (tertiary alicyclic amines) is 8. The van der Waals surface area contributed by atoms with Crippen LogP contribution in [0.3, 0.4) is 0 Å². The monoisotopic (exact) mass is 1740 g/mol. The van der Waals surface area contributed by atoms with Gasteiger partial charge in [0.15, 0.2) is 0 Å². The molecule has 6 unspecified atom stereocenters. The molecule has 0 spiro atoms. The van der Waals surface area contributed by atoms with Crippen molar-refractivity contribution < 1.29 is 95.9 Å². The van der Waals surface area contributed by atoms with E-state index in [0.717, 1.165) is 25.7 Å². The second-order valence-corrected chi connectivity index (χ2v) is 46.5. The zero-order chi connectivity index (χ0) is 95.2. The summed E-state index contributed by atoms with van der Waals surface area (Å²) >= 11 is 0. The van der Waals surface area contributed by atoms with Gasteiger partial charge in [0.1, 0.15) is 0 Å². The van der Waals surface area contributed by atoms with Crippen LogP contribution in [0.1, 0.15) is 313 Å². The van der Waals surface area contributed by atoms with Crippen molar-refractivity contribution in [2.45, 2.75) is 327 Å². The number of hydrogen-bond donors (Lipinski definition) is 0. The number of fused-ring (bicyclic) bond motifs is 8. The molecule has 2 aromatic rings. The number of piperidine rings is 2. The maximum Gasteiger partial charge on any atom is 0.262 e. The third kappa shape index (κ3) is 17.0. The summed E-state index contributed by atoms with van der Waals surface area (Å²) in [4.78, 5) is 265. The van der Waals surface area contributed by atoms with Crippen molar-refractivity contribution in [2.24, 2.45) is 82.9 Å². The standard InChI is InChI=1S/C24H24N2O4.C22H32N2O4.C18H28N2O4.C16H22N2O4.C16H24N2O4/c1-23(2,3)25-19(27)15-9-7-13(11-17(15)21(25)29)14-8-10-16-18(12-14)22(30)26(20(16)28)24(4,5)6;1-21(2,3)23-17(25)13-7-11(8-14(13)18(23)26)12-9-15-16(10-12)20(28)24(19(15)27)22(4,5)6;1-17(2,3)19-13(21)7-11(8-14(19)22)12-9-15(23)20(16(24)10-12)18(4,5)6;1-15(2,3)17-11(19)7-8(12(17)20)10-9(7)13(21)18(14(10)22)16(4,5)6;1-15(2,3)17-11(19)7-9(13(17)21)10-8-12(20)18(14(10)22)16(4,5)6/h7-12H,1-6H3;11-16H,7-10H2,1-6H3;11-12H,7-10H2,1-6H3;7-10H,1-6H3;9-10H,7-8H2,1-6H3. The molecule has 3 saturated carbocycles. The van der Waals surface area contributed by atoms with Gasteiger partial charge in [0.2, 0.25) is 94.5 Å². The molecule has 15 rings (SSSR count). The van der Waals surface area contributed by atoms with Crippen LogP contribution in [0.15, 0.2) is 36.4 Å². The van der Waals surface area contributed by atoms with Gasteiger partial charge in [-0.05, 0) is 292 Å². The molecule has 30 heteroatoms. The van der Waals surface area contributed by atoms with Gasteiger partial charge in [0.05, 0.1) is 81.4 Å². The van der Waals surface area contributed by atoms with Gasteiger partial charge in [-0.15, -0.1) is 0 Å². The average Bonchev–Trinajstić information content (AvgIpc) is 1.51. The molecule has 0 N–H and O–H groups in total. The normalized spacial score (nSPS) is 27.7. The molecule has 0 aromatic heterocycles. The lowest BCUT2D eigenvalue weighted by Gasteiger charge is -2.44. The van der Waals surface area contributed by atoms with E-state index in [9.17, 15) is 95.9 Å². The number of nitrogens with zero attached hydrogens (tertiary/aromatic N) is 10. The van der Waals surface area contributed by atoms with Crippen LogP contribution in [-0.4, -0.2) is 223 Å². The van der Waals surface area contributed by atoms with Gasteiger partial charge in [-0.2, -0.15) is 0 Å². The summed E-state index contributed by atoms with van der Waals surface area (Å²) in [5.74, 6) is -9.44. The first-order valence-corrected chi connectivity index (χ1v) is 44.2.